The van der Waals surface area contributed by atoms with Gasteiger partial charge in [0.15, 0.2) is 12.1 Å². The van der Waals surface area contributed by atoms with Gasteiger partial charge in [-0.05, 0) is 61.6 Å². The van der Waals surface area contributed by atoms with E-state index in [-0.39, 0.29) is 11.5 Å². The fraction of sp³-hybridized carbons (Fsp3) is 0.387. The van der Waals surface area contributed by atoms with Gasteiger partial charge in [-0.15, -0.1) is 0 Å². The van der Waals surface area contributed by atoms with Gasteiger partial charge in [-0.3, -0.25) is 28.9 Å². The zero-order chi connectivity index (χ0) is 28.7. The molecule has 11 nitrogen and oxygen atoms in total. The van der Waals surface area contributed by atoms with Crippen LogP contribution in [0.3, 0.4) is 0 Å². The Kier molecular flexibility index (Phi) is 5.55. The Morgan fingerprint density at radius 1 is 1.02 bits per heavy atom. The maximum Gasteiger partial charge on any atom is 0.276 e. The van der Waals surface area contributed by atoms with E-state index in [4.69, 9.17) is 0 Å². The number of likely N-dealkylation sites (N-methyl/N-ethyl adjacent to an activating group) is 1. The molecule has 0 unspecified atom stereocenters. The van der Waals surface area contributed by atoms with Crippen LogP contribution in [0.15, 0.2) is 41.5 Å². The van der Waals surface area contributed by atoms with Gasteiger partial charge in [-0.1, -0.05) is 0 Å². The Morgan fingerprint density at radius 2 is 1.88 bits per heavy atom. The van der Waals surface area contributed by atoms with Gasteiger partial charge in [-0.2, -0.15) is 5.10 Å². The molecule has 0 aromatic carbocycles. The number of aromatic nitrogens is 5. The van der Waals surface area contributed by atoms with Crippen LogP contribution in [0.1, 0.15) is 68.9 Å². The van der Waals surface area contributed by atoms with E-state index in [9.17, 15) is 14.4 Å². The third kappa shape index (κ3) is 3.72. The van der Waals surface area contributed by atoms with Crippen LogP contribution in [0.4, 0.5) is 17.3 Å². The molecule has 2 atom stereocenters. The molecule has 2 bridgehead atoms. The second kappa shape index (κ2) is 9.25. The molecule has 0 radical (unpaired) electrons. The molecular formula is C31H32N8O3. The molecule has 1 fully saturated rings. The Labute approximate surface area is 242 Å². The highest BCUT2D eigenvalue weighted by molar-refractivity contribution is 6.09. The van der Waals surface area contributed by atoms with Crippen LogP contribution in [-0.4, -0.2) is 61.1 Å². The normalized spacial score (nSPS) is 20.9. The summed E-state index contributed by atoms with van der Waals surface area (Å²) in [4.78, 5) is 47.9. The zero-order valence-electron chi connectivity index (χ0n) is 23.7. The number of aldehydes is 1. The number of fused-ring (bicyclic) bond motifs is 8. The van der Waals surface area contributed by atoms with Crippen LogP contribution in [-0.2, 0) is 26.7 Å². The molecule has 0 saturated heterocycles. The first-order valence-electron chi connectivity index (χ1n) is 14.6. The van der Waals surface area contributed by atoms with E-state index < -0.39 is 0 Å². The van der Waals surface area contributed by atoms with Gasteiger partial charge >= 0.3 is 0 Å². The van der Waals surface area contributed by atoms with Crippen LogP contribution in [0.2, 0.25) is 0 Å². The summed E-state index contributed by atoms with van der Waals surface area (Å²) in [5, 5.41) is 7.84. The Balaban J connectivity index is 1.14. The van der Waals surface area contributed by atoms with Crippen molar-refractivity contribution in [1.29, 1.82) is 0 Å². The van der Waals surface area contributed by atoms with Gasteiger partial charge in [0.25, 0.3) is 11.5 Å². The van der Waals surface area contributed by atoms with Gasteiger partial charge in [0.2, 0.25) is 0 Å². The highest BCUT2D eigenvalue weighted by atomic mass is 16.2. The number of carbonyl (C=O) groups is 2. The Morgan fingerprint density at radius 3 is 2.74 bits per heavy atom. The van der Waals surface area contributed by atoms with Crippen LogP contribution in [0.25, 0.3) is 11.1 Å². The first-order chi connectivity index (χ1) is 20.4. The number of nitrogens with zero attached hydrogens (tertiary/aromatic N) is 7. The van der Waals surface area contributed by atoms with Crippen LogP contribution in [0, 0.1) is 0 Å². The topological polar surface area (TPSA) is 110 Å². The number of hydrogen-bond acceptors (Lipinski definition) is 7. The van der Waals surface area contributed by atoms with Crippen LogP contribution in [0.5, 0.6) is 0 Å². The number of carbonyl (C=O) groups excluding carboxylic acids is 2. The van der Waals surface area contributed by atoms with E-state index in [0.29, 0.717) is 64.6 Å². The minimum Gasteiger partial charge on any atom is -0.338 e. The second-order valence-corrected chi connectivity index (χ2v) is 12.1. The van der Waals surface area contributed by atoms with Crippen molar-refractivity contribution in [2.24, 2.45) is 7.05 Å². The van der Waals surface area contributed by atoms with Gasteiger partial charge in [0.1, 0.15) is 17.2 Å². The summed E-state index contributed by atoms with van der Waals surface area (Å²) in [6.45, 7) is 3.62. The standard InChI is InChI=1S/C31H32N8O3/c1-35-7-10-39-21(16-35)13-27(34-39)33-25-12-20(15-36(2)30(25)41)22-5-6-32-29(24(22)17-40)38-9-8-37-26(31(38)42)14-23-18-3-4-19(11-18)28(23)37/h5-6,12-15,17-19H,3-4,7-11,16H2,1-2H3,(H,33,34)/t18-,19+/m1/s1. The van der Waals surface area contributed by atoms with Crippen molar-refractivity contribution in [1.82, 2.24) is 28.8 Å². The third-order valence-corrected chi connectivity index (χ3v) is 9.53. The van der Waals surface area contributed by atoms with Crippen molar-refractivity contribution in [3.05, 3.63) is 75.2 Å². The predicted molar refractivity (Wildman–Crippen MR) is 158 cm³/mol. The largest absolute Gasteiger partial charge is 0.338 e. The number of amides is 1. The first-order valence-corrected chi connectivity index (χ1v) is 14.6. The van der Waals surface area contributed by atoms with E-state index in [1.54, 1.807) is 36.5 Å². The summed E-state index contributed by atoms with van der Waals surface area (Å²) < 4.78 is 5.66. The molecule has 2 aliphatic heterocycles. The van der Waals surface area contributed by atoms with Gasteiger partial charge < -0.3 is 14.5 Å². The lowest BCUT2D eigenvalue weighted by atomic mass is 9.98. The highest BCUT2D eigenvalue weighted by Gasteiger charge is 2.43. The fourth-order valence-corrected chi connectivity index (χ4v) is 7.53. The SMILES string of the molecule is CN1CCn2nc(Nc3cc(-c4ccnc(N5CCn6c(cc7c6[C@H]6CC[C@@H]7C6)C5=O)c4C=O)cn(C)c3=O)cc2C1. The quantitative estimate of drug-likeness (QED) is 0.370. The molecule has 11 heteroatoms. The lowest BCUT2D eigenvalue weighted by molar-refractivity contribution is 0.0963. The monoisotopic (exact) mass is 564 g/mol. The maximum atomic E-state index is 13.8. The minimum atomic E-state index is -0.210. The van der Waals surface area contributed by atoms with Crippen molar-refractivity contribution in [2.45, 2.75) is 50.7 Å². The van der Waals surface area contributed by atoms with E-state index >= 15 is 0 Å². The second-order valence-electron chi connectivity index (χ2n) is 12.1. The summed E-state index contributed by atoms with van der Waals surface area (Å²) >= 11 is 0. The van der Waals surface area contributed by atoms with Crippen LogP contribution < -0.4 is 15.8 Å². The Hall–Kier alpha value is -4.51. The number of hydrogen-bond donors (Lipinski definition) is 1. The summed E-state index contributed by atoms with van der Waals surface area (Å²) in [6.07, 6.45) is 7.70. The number of rotatable bonds is 5. The van der Waals surface area contributed by atoms with Crippen molar-refractivity contribution < 1.29 is 9.59 Å². The molecule has 8 rings (SSSR count). The molecule has 1 amide bonds. The van der Waals surface area contributed by atoms with E-state index in [0.717, 1.165) is 31.6 Å². The first kappa shape index (κ1) is 25.2. The smallest absolute Gasteiger partial charge is 0.276 e. The van der Waals surface area contributed by atoms with Gasteiger partial charge in [0, 0.05) is 68.9 Å². The molecule has 6 heterocycles. The molecule has 214 valence electrons. The maximum absolute atomic E-state index is 13.8. The average Bonchev–Trinajstić information content (AvgIpc) is 3.77. The zero-order valence-corrected chi connectivity index (χ0v) is 23.7. The average molecular weight is 565 g/mol. The van der Waals surface area contributed by atoms with Crippen molar-refractivity contribution in [3.8, 4) is 11.1 Å². The molecule has 4 aromatic heterocycles. The van der Waals surface area contributed by atoms with Crippen molar-refractivity contribution >= 4 is 29.5 Å². The molecule has 0 spiro atoms. The molecule has 1 saturated carbocycles. The molecular weight excluding hydrogens is 532 g/mol. The molecule has 4 aromatic rings. The number of aryl methyl sites for hydroxylation is 1. The van der Waals surface area contributed by atoms with Gasteiger partial charge in [0.05, 0.1) is 17.8 Å². The van der Waals surface area contributed by atoms with Crippen molar-refractivity contribution in [2.75, 3.05) is 30.4 Å². The molecule has 4 aliphatic rings. The summed E-state index contributed by atoms with van der Waals surface area (Å²) in [7, 11) is 3.75. The lowest BCUT2D eigenvalue weighted by Crippen LogP contribution is -2.41. The summed E-state index contributed by atoms with van der Waals surface area (Å²) in [5.41, 5.74) is 6.19. The molecule has 1 N–H and O–H groups in total. The predicted octanol–water partition coefficient (Wildman–Crippen LogP) is 3.47. The summed E-state index contributed by atoms with van der Waals surface area (Å²) in [6, 6.07) is 7.53. The highest BCUT2D eigenvalue weighted by Crippen LogP contribution is 2.54. The minimum absolute atomic E-state index is 0.125. The number of nitrogens with one attached hydrogen (secondary N) is 1. The third-order valence-electron chi connectivity index (χ3n) is 9.53. The Bertz CT molecular complexity index is 1850. The fourth-order valence-electron chi connectivity index (χ4n) is 7.53. The molecule has 2 aliphatic carbocycles. The number of pyridine rings is 2. The number of anilines is 3. The summed E-state index contributed by atoms with van der Waals surface area (Å²) in [5.74, 6) is 1.95. The van der Waals surface area contributed by atoms with Gasteiger partial charge in [-0.25, -0.2) is 4.98 Å². The van der Waals surface area contributed by atoms with Crippen molar-refractivity contribution in [3.63, 3.8) is 0 Å². The van der Waals surface area contributed by atoms with Crippen LogP contribution >= 0.6 is 0 Å². The van der Waals surface area contributed by atoms with E-state index in [2.05, 4.69) is 38.0 Å². The van der Waals surface area contributed by atoms with E-state index in [1.165, 1.54) is 35.1 Å². The lowest BCUT2D eigenvalue weighted by Gasteiger charge is -2.30. The van der Waals surface area contributed by atoms with E-state index in [1.807, 2.05) is 10.7 Å². The molecule has 42 heavy (non-hydrogen) atoms.